The number of ether oxygens (including phenoxy) is 5. The van der Waals surface area contributed by atoms with E-state index in [-0.39, 0.29) is 46.1 Å². The van der Waals surface area contributed by atoms with Crippen molar-refractivity contribution >= 4 is 64.4 Å². The largest absolute Gasteiger partial charge is 0.466 e. The van der Waals surface area contributed by atoms with Crippen LogP contribution in [-0.4, -0.2) is 67.1 Å². The van der Waals surface area contributed by atoms with Gasteiger partial charge in [0.25, 0.3) is 11.2 Å². The highest BCUT2D eigenvalue weighted by Gasteiger charge is 2.93. The molecular weight excluding hydrogens is 781 g/mol. The molecule has 2 N–H and O–H groups in total. The summed E-state index contributed by atoms with van der Waals surface area (Å²) in [6, 6.07) is 20.5. The van der Waals surface area contributed by atoms with Crippen LogP contribution < -0.4 is 15.4 Å². The summed E-state index contributed by atoms with van der Waals surface area (Å²) in [5, 5.41) is 7.43. The molecule has 2 amide bonds. The zero-order valence-corrected chi connectivity index (χ0v) is 33.2. The Morgan fingerprint density at radius 2 is 1.02 bits per heavy atom. The van der Waals surface area contributed by atoms with E-state index in [4.69, 9.17) is 23.7 Å². The highest BCUT2D eigenvalue weighted by Crippen LogP contribution is 2.67. The minimum atomic E-state index is -2.62. The van der Waals surface area contributed by atoms with Crippen molar-refractivity contribution in [3.63, 3.8) is 0 Å². The Labute approximate surface area is 343 Å². The normalized spacial score (nSPS) is 21.2. The summed E-state index contributed by atoms with van der Waals surface area (Å²) in [5.41, 5.74) is -4.34. The fourth-order valence-corrected chi connectivity index (χ4v) is 8.62. The molecule has 306 valence electrons. The molecule has 0 radical (unpaired) electrons. The number of esters is 5. The summed E-state index contributed by atoms with van der Waals surface area (Å²) in [7, 11) is 2.04. The number of hydrogen-bond donors (Lipinski definition) is 2. The predicted molar refractivity (Wildman–Crippen MR) is 213 cm³/mol. The molecule has 15 heteroatoms. The van der Waals surface area contributed by atoms with Crippen LogP contribution >= 0.6 is 11.3 Å². The van der Waals surface area contributed by atoms with Gasteiger partial charge in [0.05, 0.1) is 31.3 Å². The highest BCUT2D eigenvalue weighted by atomic mass is 32.1. The highest BCUT2D eigenvalue weighted by molar-refractivity contribution is 7.12. The van der Waals surface area contributed by atoms with Crippen LogP contribution in [0.2, 0.25) is 0 Å². The maximum atomic E-state index is 14.0. The van der Waals surface area contributed by atoms with E-state index < -0.39 is 47.0 Å². The van der Waals surface area contributed by atoms with Gasteiger partial charge in [-0.05, 0) is 103 Å². The van der Waals surface area contributed by atoms with Gasteiger partial charge in [-0.1, -0.05) is 43.9 Å². The van der Waals surface area contributed by atoms with Gasteiger partial charge < -0.3 is 34.3 Å². The van der Waals surface area contributed by atoms with Gasteiger partial charge in [-0.15, -0.1) is 11.3 Å². The lowest BCUT2D eigenvalue weighted by Crippen LogP contribution is -2.47. The Morgan fingerprint density at radius 1 is 0.576 bits per heavy atom. The maximum absolute atomic E-state index is 14.0. The quantitative estimate of drug-likeness (QED) is 0.0811. The van der Waals surface area contributed by atoms with Crippen LogP contribution in [0, 0.1) is 11.8 Å². The van der Waals surface area contributed by atoms with E-state index in [0.717, 1.165) is 65.6 Å². The van der Waals surface area contributed by atoms with E-state index >= 15 is 0 Å². The number of nitrogens with one attached hydrogen (secondary N) is 2. The molecule has 4 aromatic rings. The summed E-state index contributed by atoms with van der Waals surface area (Å²) >= 11 is 1.19. The molecule has 7 rings (SSSR count). The number of hydrogen-bond acceptors (Lipinski definition) is 13. The van der Waals surface area contributed by atoms with Crippen molar-refractivity contribution in [2.45, 2.75) is 68.5 Å². The molecule has 3 fully saturated rings. The van der Waals surface area contributed by atoms with Gasteiger partial charge in [-0.25, -0.2) is 24.0 Å². The van der Waals surface area contributed by atoms with Crippen LogP contribution in [0.15, 0.2) is 90.3 Å². The minimum absolute atomic E-state index is 0.0611. The number of benzene rings is 3. The molecule has 1 heterocycles. The van der Waals surface area contributed by atoms with Crippen molar-refractivity contribution in [2.24, 2.45) is 11.8 Å². The van der Waals surface area contributed by atoms with Crippen LogP contribution in [0.25, 0.3) is 0 Å². The standard InChI is InChI=1S/C44H42N2O12S/c1-54-41(52)43(57-38(49)29-13-19-31(20-14-29)45-36(47)27-8-3-4-9-27)35(26-17-23-33(24-18-26)56-40(51)34-12-7-25-59-34)44(43,42(53)55-2)58-39(50)30-15-21-32(22-16-30)46-37(48)28-10-5-6-11-28/h7,12-25,27-28,35H,3-6,8-11H2,1-2H3,(H,45,47)(H,46,48). The van der Waals surface area contributed by atoms with Crippen molar-refractivity contribution < 1.29 is 57.2 Å². The molecule has 0 bridgehead atoms. The summed E-state index contributed by atoms with van der Waals surface area (Å²) in [5.74, 6) is -7.07. The Bertz CT molecular complexity index is 2110. The zero-order valence-electron chi connectivity index (χ0n) is 32.4. The minimum Gasteiger partial charge on any atom is -0.466 e. The third-order valence-corrected chi connectivity index (χ3v) is 12.0. The fraction of sp³-hybridized carbons (Fsp3) is 0.341. The Kier molecular flexibility index (Phi) is 11.9. The molecule has 0 aliphatic heterocycles. The summed E-state index contributed by atoms with van der Waals surface area (Å²) in [4.78, 5) is 94.6. The summed E-state index contributed by atoms with van der Waals surface area (Å²) in [6.45, 7) is 0. The SMILES string of the molecule is COC(=O)C1(OC(=O)c2ccc(NC(=O)C3CCCC3)cc2)C(c2ccc(OC(=O)c3cccs3)cc2)C1(OC(=O)c1ccc(NC(=O)C2CCCC2)cc1)C(=O)OC. The number of anilines is 2. The van der Waals surface area contributed by atoms with Crippen molar-refractivity contribution in [1.82, 2.24) is 0 Å². The molecule has 3 aromatic carbocycles. The monoisotopic (exact) mass is 822 g/mol. The predicted octanol–water partition coefficient (Wildman–Crippen LogP) is 6.86. The number of thiophene rings is 1. The second-order valence-electron chi connectivity index (χ2n) is 14.7. The van der Waals surface area contributed by atoms with Crippen LogP contribution in [0.4, 0.5) is 11.4 Å². The molecule has 0 spiro atoms. The van der Waals surface area contributed by atoms with Gasteiger partial charge in [0.1, 0.15) is 10.6 Å². The number of methoxy groups -OCH3 is 2. The molecule has 2 unspecified atom stereocenters. The van der Waals surface area contributed by atoms with E-state index in [0.29, 0.717) is 16.3 Å². The van der Waals surface area contributed by atoms with E-state index in [1.54, 1.807) is 17.5 Å². The first-order valence-electron chi connectivity index (χ1n) is 19.3. The van der Waals surface area contributed by atoms with Crippen molar-refractivity contribution in [3.05, 3.63) is 112 Å². The molecule has 3 aliphatic rings. The zero-order chi connectivity index (χ0) is 41.7. The lowest BCUT2D eigenvalue weighted by atomic mass is 10.1. The van der Waals surface area contributed by atoms with Crippen LogP contribution in [0.1, 0.15) is 93.2 Å². The van der Waals surface area contributed by atoms with Gasteiger partial charge in [-0.3, -0.25) is 9.59 Å². The second-order valence-corrected chi connectivity index (χ2v) is 15.6. The van der Waals surface area contributed by atoms with Gasteiger partial charge in [0.2, 0.25) is 11.8 Å². The summed E-state index contributed by atoms with van der Waals surface area (Å²) in [6.07, 6.45) is 7.11. The van der Waals surface area contributed by atoms with Gasteiger partial charge in [0.15, 0.2) is 0 Å². The Morgan fingerprint density at radius 3 is 1.41 bits per heavy atom. The molecule has 14 nitrogen and oxygen atoms in total. The first kappa shape index (κ1) is 40.8. The van der Waals surface area contributed by atoms with E-state index in [2.05, 4.69) is 10.6 Å². The Balaban J connectivity index is 1.20. The molecule has 3 saturated carbocycles. The topological polar surface area (TPSA) is 190 Å². The second kappa shape index (κ2) is 17.2. The van der Waals surface area contributed by atoms with E-state index in [9.17, 15) is 33.6 Å². The van der Waals surface area contributed by atoms with Crippen LogP contribution in [-0.2, 0) is 38.1 Å². The fourth-order valence-electron chi connectivity index (χ4n) is 8.02. The third-order valence-electron chi connectivity index (χ3n) is 11.1. The smallest absolute Gasteiger partial charge is 0.356 e. The first-order valence-corrected chi connectivity index (χ1v) is 20.2. The molecule has 0 saturated heterocycles. The van der Waals surface area contributed by atoms with Gasteiger partial charge in [-0.2, -0.15) is 0 Å². The van der Waals surface area contributed by atoms with Crippen molar-refractivity contribution in [3.8, 4) is 5.75 Å². The van der Waals surface area contributed by atoms with Crippen LogP contribution in [0.5, 0.6) is 5.75 Å². The van der Waals surface area contributed by atoms with Gasteiger partial charge in [0, 0.05) is 23.2 Å². The number of carbonyl (C=O) groups is 7. The number of amides is 2. The van der Waals surface area contributed by atoms with Crippen molar-refractivity contribution in [2.75, 3.05) is 24.9 Å². The lowest BCUT2D eigenvalue weighted by molar-refractivity contribution is -0.170. The average molecular weight is 823 g/mol. The molecule has 2 atom stereocenters. The third kappa shape index (κ3) is 8.06. The first-order chi connectivity index (χ1) is 28.5. The molecular formula is C44H42N2O12S. The summed E-state index contributed by atoms with van der Waals surface area (Å²) < 4.78 is 27.8. The molecule has 59 heavy (non-hydrogen) atoms. The van der Waals surface area contributed by atoms with E-state index in [1.165, 1.54) is 84.1 Å². The van der Waals surface area contributed by atoms with Gasteiger partial charge >= 0.3 is 29.8 Å². The van der Waals surface area contributed by atoms with Crippen molar-refractivity contribution in [1.29, 1.82) is 0 Å². The van der Waals surface area contributed by atoms with E-state index in [1.807, 2.05) is 0 Å². The maximum Gasteiger partial charge on any atom is 0.356 e. The number of carbonyl (C=O) groups excluding carboxylic acids is 7. The molecule has 3 aliphatic carbocycles. The Hall–Kier alpha value is -6.35. The number of rotatable bonds is 13. The molecule has 1 aromatic heterocycles. The average Bonchev–Trinajstić information content (AvgIpc) is 3.95. The van der Waals surface area contributed by atoms with Crippen LogP contribution in [0.3, 0.4) is 0 Å². The lowest BCUT2D eigenvalue weighted by Gasteiger charge is -2.22.